The zero-order valence-corrected chi connectivity index (χ0v) is 16.1. The second kappa shape index (κ2) is 7.82. The normalized spacial score (nSPS) is 12.1. The first-order chi connectivity index (χ1) is 13.6. The van der Waals surface area contributed by atoms with E-state index >= 15 is 0 Å². The van der Waals surface area contributed by atoms with Crippen LogP contribution in [-0.4, -0.2) is 20.9 Å². The number of aromatic nitrogens is 3. The average molecular weight is 391 g/mol. The average Bonchev–Trinajstić information content (AvgIpc) is 3.18. The van der Waals surface area contributed by atoms with Crippen molar-refractivity contribution in [2.75, 3.05) is 0 Å². The van der Waals surface area contributed by atoms with Crippen LogP contribution >= 0.6 is 11.6 Å². The van der Waals surface area contributed by atoms with Crippen molar-refractivity contribution in [3.8, 4) is 0 Å². The first-order valence-electron chi connectivity index (χ1n) is 9.04. The van der Waals surface area contributed by atoms with E-state index in [1.807, 2.05) is 55.5 Å². The number of hydrogen-bond acceptors (Lipinski definition) is 3. The van der Waals surface area contributed by atoms with Crippen molar-refractivity contribution in [3.63, 3.8) is 0 Å². The van der Waals surface area contributed by atoms with Gasteiger partial charge in [0.05, 0.1) is 18.8 Å². The van der Waals surface area contributed by atoms with Crippen molar-refractivity contribution in [2.24, 2.45) is 0 Å². The minimum absolute atomic E-state index is 0.160. The number of hydrogen-bond donors (Lipinski definition) is 1. The molecule has 1 amide bonds. The fourth-order valence-corrected chi connectivity index (χ4v) is 3.45. The van der Waals surface area contributed by atoms with Gasteiger partial charge >= 0.3 is 0 Å². The van der Waals surface area contributed by atoms with E-state index in [9.17, 15) is 4.79 Å². The van der Waals surface area contributed by atoms with E-state index in [1.54, 1.807) is 10.9 Å². The minimum atomic E-state index is -0.258. The molecule has 0 radical (unpaired) electrons. The third kappa shape index (κ3) is 3.75. The molecule has 140 valence electrons. The van der Waals surface area contributed by atoms with Crippen LogP contribution in [0.4, 0.5) is 0 Å². The van der Waals surface area contributed by atoms with Gasteiger partial charge in [0.2, 0.25) is 0 Å². The van der Waals surface area contributed by atoms with E-state index in [0.717, 1.165) is 21.9 Å². The number of benzene rings is 3. The van der Waals surface area contributed by atoms with Crippen molar-refractivity contribution < 1.29 is 4.79 Å². The molecule has 0 aliphatic carbocycles. The van der Waals surface area contributed by atoms with Gasteiger partial charge in [-0.3, -0.25) is 4.79 Å². The van der Waals surface area contributed by atoms with Gasteiger partial charge in [-0.05, 0) is 34.9 Å². The number of nitrogens with zero attached hydrogens (tertiary/aromatic N) is 3. The molecule has 0 aliphatic rings. The molecule has 3 aromatic carbocycles. The molecule has 0 fully saturated rings. The molecule has 1 aromatic heterocycles. The van der Waals surface area contributed by atoms with Gasteiger partial charge in [0.15, 0.2) is 5.69 Å². The smallest absolute Gasteiger partial charge is 0.273 e. The SMILES string of the molecule is CC(NC(=O)c1cn(Cc2ccccc2Cl)nn1)c1cccc2ccccc12. The minimum Gasteiger partial charge on any atom is -0.344 e. The molecule has 0 aliphatic heterocycles. The van der Waals surface area contributed by atoms with Gasteiger partial charge < -0.3 is 5.32 Å². The van der Waals surface area contributed by atoms with E-state index < -0.39 is 0 Å². The van der Waals surface area contributed by atoms with E-state index in [-0.39, 0.29) is 17.6 Å². The summed E-state index contributed by atoms with van der Waals surface area (Å²) in [5, 5.41) is 14.0. The van der Waals surface area contributed by atoms with Crippen LogP contribution in [0, 0.1) is 0 Å². The molecule has 4 aromatic rings. The lowest BCUT2D eigenvalue weighted by Crippen LogP contribution is -2.27. The summed E-state index contributed by atoms with van der Waals surface area (Å²) in [7, 11) is 0. The largest absolute Gasteiger partial charge is 0.344 e. The van der Waals surface area contributed by atoms with Crippen molar-refractivity contribution in [3.05, 3.63) is 94.8 Å². The van der Waals surface area contributed by atoms with Gasteiger partial charge in [-0.25, -0.2) is 4.68 Å². The molecule has 1 atom stereocenters. The Kier molecular flexibility index (Phi) is 5.08. The fraction of sp³-hybridized carbons (Fsp3) is 0.136. The highest BCUT2D eigenvalue weighted by Gasteiger charge is 2.16. The molecule has 1 N–H and O–H groups in total. The number of halogens is 1. The maximum atomic E-state index is 12.6. The van der Waals surface area contributed by atoms with Gasteiger partial charge in [-0.2, -0.15) is 0 Å². The van der Waals surface area contributed by atoms with Crippen LogP contribution in [0.1, 0.15) is 34.6 Å². The summed E-state index contributed by atoms with van der Waals surface area (Å²) >= 11 is 6.19. The maximum absolute atomic E-state index is 12.6. The van der Waals surface area contributed by atoms with E-state index in [4.69, 9.17) is 11.6 Å². The summed E-state index contributed by atoms with van der Waals surface area (Å²) < 4.78 is 1.61. The van der Waals surface area contributed by atoms with E-state index in [0.29, 0.717) is 11.6 Å². The highest BCUT2D eigenvalue weighted by Crippen LogP contribution is 2.24. The Labute approximate surface area is 167 Å². The third-order valence-corrected chi connectivity index (χ3v) is 5.07. The number of rotatable bonds is 5. The Morgan fingerprint density at radius 3 is 2.68 bits per heavy atom. The molecule has 0 bridgehead atoms. The molecule has 1 heterocycles. The quantitative estimate of drug-likeness (QED) is 0.540. The first kappa shape index (κ1) is 18.2. The standard InChI is InChI=1S/C22H19ClN4O/c1-15(18-11-6-9-16-7-2-4-10-19(16)18)24-22(28)21-14-27(26-25-21)13-17-8-3-5-12-20(17)23/h2-12,14-15H,13H2,1H3,(H,24,28). The number of fused-ring (bicyclic) bond motifs is 1. The Balaban J connectivity index is 1.49. The predicted octanol–water partition coefficient (Wildman–Crippen LogP) is 4.62. The molecule has 0 spiro atoms. The Morgan fingerprint density at radius 2 is 1.82 bits per heavy atom. The highest BCUT2D eigenvalue weighted by molar-refractivity contribution is 6.31. The second-order valence-electron chi connectivity index (χ2n) is 6.66. The van der Waals surface area contributed by atoms with Gasteiger partial charge in [-0.15, -0.1) is 5.10 Å². The monoisotopic (exact) mass is 390 g/mol. The number of nitrogens with one attached hydrogen (secondary N) is 1. The fourth-order valence-electron chi connectivity index (χ4n) is 3.26. The Hall–Kier alpha value is -3.18. The van der Waals surface area contributed by atoms with Gasteiger partial charge in [0, 0.05) is 5.02 Å². The lowest BCUT2D eigenvalue weighted by atomic mass is 9.99. The van der Waals surface area contributed by atoms with Crippen LogP contribution in [0.15, 0.2) is 72.9 Å². The van der Waals surface area contributed by atoms with Crippen LogP contribution in [0.2, 0.25) is 5.02 Å². The molecule has 0 saturated heterocycles. The maximum Gasteiger partial charge on any atom is 0.273 e. The lowest BCUT2D eigenvalue weighted by molar-refractivity contribution is 0.0935. The number of carbonyl (C=O) groups is 1. The lowest BCUT2D eigenvalue weighted by Gasteiger charge is -2.15. The third-order valence-electron chi connectivity index (χ3n) is 4.70. The summed E-state index contributed by atoms with van der Waals surface area (Å²) in [6.07, 6.45) is 1.63. The number of amides is 1. The van der Waals surface area contributed by atoms with Crippen molar-refractivity contribution >= 4 is 28.3 Å². The summed E-state index contributed by atoms with van der Waals surface area (Å²) in [6.45, 7) is 2.42. The highest BCUT2D eigenvalue weighted by atomic mass is 35.5. The summed E-state index contributed by atoms with van der Waals surface area (Å²) in [5.41, 5.74) is 2.26. The molecular weight excluding hydrogens is 372 g/mol. The van der Waals surface area contributed by atoms with Gasteiger partial charge in [0.25, 0.3) is 5.91 Å². The Bertz CT molecular complexity index is 1130. The zero-order chi connectivity index (χ0) is 19.5. The summed E-state index contributed by atoms with van der Waals surface area (Å²) in [6, 6.07) is 21.6. The summed E-state index contributed by atoms with van der Waals surface area (Å²) in [4.78, 5) is 12.6. The van der Waals surface area contributed by atoms with Crippen molar-refractivity contribution in [1.82, 2.24) is 20.3 Å². The van der Waals surface area contributed by atoms with Crippen LogP contribution in [-0.2, 0) is 6.54 Å². The molecule has 28 heavy (non-hydrogen) atoms. The van der Waals surface area contributed by atoms with Crippen LogP contribution in [0.5, 0.6) is 0 Å². The Morgan fingerprint density at radius 1 is 1.07 bits per heavy atom. The van der Waals surface area contributed by atoms with E-state index in [2.05, 4.69) is 33.8 Å². The molecule has 1 unspecified atom stereocenters. The van der Waals surface area contributed by atoms with Crippen LogP contribution in [0.3, 0.4) is 0 Å². The molecule has 0 saturated carbocycles. The number of carbonyl (C=O) groups excluding carboxylic acids is 1. The molecule has 5 nitrogen and oxygen atoms in total. The second-order valence-corrected chi connectivity index (χ2v) is 7.06. The molecule has 6 heteroatoms. The van der Waals surface area contributed by atoms with Crippen LogP contribution < -0.4 is 5.32 Å². The van der Waals surface area contributed by atoms with Gasteiger partial charge in [-0.1, -0.05) is 77.5 Å². The van der Waals surface area contributed by atoms with E-state index in [1.165, 1.54) is 0 Å². The van der Waals surface area contributed by atoms with Gasteiger partial charge in [0.1, 0.15) is 0 Å². The van der Waals surface area contributed by atoms with Crippen molar-refractivity contribution in [2.45, 2.75) is 19.5 Å². The van der Waals surface area contributed by atoms with Crippen LogP contribution in [0.25, 0.3) is 10.8 Å². The topological polar surface area (TPSA) is 59.8 Å². The molecular formula is C22H19ClN4O. The first-order valence-corrected chi connectivity index (χ1v) is 9.41. The predicted molar refractivity (Wildman–Crippen MR) is 110 cm³/mol. The summed E-state index contributed by atoms with van der Waals surface area (Å²) in [5.74, 6) is -0.258. The zero-order valence-electron chi connectivity index (χ0n) is 15.3. The molecule has 4 rings (SSSR count). The van der Waals surface area contributed by atoms with Crippen molar-refractivity contribution in [1.29, 1.82) is 0 Å².